The Labute approximate surface area is 172 Å². The summed E-state index contributed by atoms with van der Waals surface area (Å²) in [7, 11) is 2.11. The van der Waals surface area contributed by atoms with Gasteiger partial charge in [-0.2, -0.15) is 0 Å². The zero-order valence-electron chi connectivity index (χ0n) is 17.9. The molecule has 1 N–H and O–H groups in total. The van der Waals surface area contributed by atoms with Crippen molar-refractivity contribution in [3.05, 3.63) is 18.2 Å². The largest absolute Gasteiger partial charge is 0.346 e. The molecule has 29 heavy (non-hydrogen) atoms. The van der Waals surface area contributed by atoms with Gasteiger partial charge in [0.15, 0.2) is 0 Å². The van der Waals surface area contributed by atoms with Gasteiger partial charge in [0.1, 0.15) is 5.82 Å². The average Bonchev–Trinajstić information content (AvgIpc) is 3.02. The molecule has 1 saturated carbocycles. The van der Waals surface area contributed by atoms with Crippen LogP contribution in [0.2, 0.25) is 0 Å². The second-order valence-corrected chi connectivity index (χ2v) is 9.79. The quantitative estimate of drug-likeness (QED) is 0.821. The van der Waals surface area contributed by atoms with E-state index in [9.17, 15) is 9.59 Å². The van der Waals surface area contributed by atoms with Crippen LogP contribution in [0, 0.1) is 11.3 Å². The van der Waals surface area contributed by atoms with Crippen molar-refractivity contribution in [3.8, 4) is 0 Å². The first kappa shape index (κ1) is 19.1. The van der Waals surface area contributed by atoms with E-state index in [0.717, 1.165) is 64.0 Å². The van der Waals surface area contributed by atoms with Gasteiger partial charge in [-0.05, 0) is 45.7 Å². The molecule has 7 nitrogen and oxygen atoms in total. The number of fused-ring (bicyclic) bond motifs is 2. The topological polar surface area (TPSA) is 70.5 Å². The summed E-state index contributed by atoms with van der Waals surface area (Å²) in [6.07, 6.45) is 9.62. The molecule has 0 bridgehead atoms. The van der Waals surface area contributed by atoms with Crippen LogP contribution in [0.15, 0.2) is 12.4 Å². The maximum absolute atomic E-state index is 13.1. The van der Waals surface area contributed by atoms with E-state index in [-0.39, 0.29) is 28.8 Å². The first-order chi connectivity index (χ1) is 13.9. The zero-order chi connectivity index (χ0) is 20.4. The molecule has 4 aliphatic rings. The molecule has 0 radical (unpaired) electrons. The van der Waals surface area contributed by atoms with Gasteiger partial charge in [-0.25, -0.2) is 4.98 Å². The Hall–Kier alpha value is -1.89. The van der Waals surface area contributed by atoms with Crippen LogP contribution < -0.4 is 5.32 Å². The van der Waals surface area contributed by atoms with Gasteiger partial charge in [0.05, 0.1) is 17.5 Å². The second kappa shape index (κ2) is 6.56. The Kier molecular flexibility index (Phi) is 4.32. The van der Waals surface area contributed by atoms with Crippen LogP contribution in [-0.4, -0.2) is 63.9 Å². The van der Waals surface area contributed by atoms with Gasteiger partial charge in [-0.1, -0.05) is 13.8 Å². The van der Waals surface area contributed by atoms with Crippen LogP contribution in [0.5, 0.6) is 0 Å². The molecule has 1 aliphatic carbocycles. The van der Waals surface area contributed by atoms with E-state index in [1.165, 1.54) is 0 Å². The van der Waals surface area contributed by atoms with Crippen LogP contribution in [0.25, 0.3) is 0 Å². The van der Waals surface area contributed by atoms with Crippen molar-refractivity contribution in [3.63, 3.8) is 0 Å². The third kappa shape index (κ3) is 2.76. The first-order valence-electron chi connectivity index (χ1n) is 11.3. The van der Waals surface area contributed by atoms with Crippen molar-refractivity contribution in [2.45, 2.75) is 70.0 Å². The Balaban J connectivity index is 1.28. The molecule has 3 atom stereocenters. The predicted octanol–water partition coefficient (Wildman–Crippen LogP) is 1.90. The summed E-state index contributed by atoms with van der Waals surface area (Å²) >= 11 is 0. The van der Waals surface area contributed by atoms with E-state index in [1.54, 1.807) is 0 Å². The third-order valence-corrected chi connectivity index (χ3v) is 8.21. The number of nitrogens with zero attached hydrogens (tertiary/aromatic N) is 4. The van der Waals surface area contributed by atoms with E-state index in [4.69, 9.17) is 0 Å². The third-order valence-electron chi connectivity index (χ3n) is 8.21. The lowest BCUT2D eigenvalue weighted by Crippen LogP contribution is -2.64. The molecule has 1 aromatic heterocycles. The fourth-order valence-corrected chi connectivity index (χ4v) is 6.14. The summed E-state index contributed by atoms with van der Waals surface area (Å²) < 4.78 is 2.23. The molecule has 2 saturated heterocycles. The molecule has 1 unspecified atom stereocenters. The molecule has 2 amide bonds. The number of amides is 2. The lowest BCUT2D eigenvalue weighted by atomic mass is 9.84. The Morgan fingerprint density at radius 1 is 1.28 bits per heavy atom. The lowest BCUT2D eigenvalue weighted by molar-refractivity contribution is -0.148. The van der Waals surface area contributed by atoms with Gasteiger partial charge in [-0.15, -0.1) is 0 Å². The molecule has 3 fully saturated rings. The number of hydrogen-bond acceptors (Lipinski definition) is 4. The van der Waals surface area contributed by atoms with Gasteiger partial charge in [0.2, 0.25) is 11.8 Å². The second-order valence-electron chi connectivity index (χ2n) is 9.79. The SMILES string of the molecule is CC[C@@H]1[C@@H](C(=O)NC2CC3(CN(C(=O)C4(CC)CC4)C3)n3ccnc32)CCN1C. The van der Waals surface area contributed by atoms with Gasteiger partial charge >= 0.3 is 0 Å². The normalized spacial score (nSPS) is 31.6. The average molecular weight is 400 g/mol. The van der Waals surface area contributed by atoms with Crippen molar-refractivity contribution in [2.75, 3.05) is 26.7 Å². The summed E-state index contributed by atoms with van der Waals surface area (Å²) in [6.45, 7) is 6.75. The van der Waals surface area contributed by atoms with E-state index >= 15 is 0 Å². The van der Waals surface area contributed by atoms with E-state index < -0.39 is 0 Å². The van der Waals surface area contributed by atoms with Gasteiger partial charge in [0.25, 0.3) is 0 Å². The van der Waals surface area contributed by atoms with Crippen molar-refractivity contribution in [1.82, 2.24) is 24.7 Å². The Bertz CT molecular complexity index is 823. The minimum Gasteiger partial charge on any atom is -0.346 e. The number of imidazole rings is 1. The molecular weight excluding hydrogens is 366 g/mol. The highest BCUT2D eigenvalue weighted by molar-refractivity contribution is 5.86. The molecule has 158 valence electrons. The molecule has 3 aliphatic heterocycles. The van der Waals surface area contributed by atoms with Crippen molar-refractivity contribution >= 4 is 11.8 Å². The molecule has 5 rings (SSSR count). The number of carbonyl (C=O) groups is 2. The highest BCUT2D eigenvalue weighted by Crippen LogP contribution is 2.53. The van der Waals surface area contributed by atoms with Crippen LogP contribution in [-0.2, 0) is 15.1 Å². The molecule has 0 aromatic carbocycles. The number of aromatic nitrogens is 2. The minimum absolute atomic E-state index is 0.0563. The zero-order valence-corrected chi connectivity index (χ0v) is 17.9. The monoisotopic (exact) mass is 399 g/mol. The molecule has 1 aromatic rings. The molecule has 7 heteroatoms. The predicted molar refractivity (Wildman–Crippen MR) is 109 cm³/mol. The summed E-state index contributed by atoms with van der Waals surface area (Å²) in [5, 5.41) is 3.32. The van der Waals surface area contributed by atoms with Crippen LogP contribution in [0.1, 0.15) is 64.2 Å². The fourth-order valence-electron chi connectivity index (χ4n) is 6.14. The fraction of sp³-hybridized carbons (Fsp3) is 0.773. The van der Waals surface area contributed by atoms with Crippen LogP contribution in [0.4, 0.5) is 0 Å². The van der Waals surface area contributed by atoms with E-state index in [0.29, 0.717) is 11.9 Å². The highest BCUT2D eigenvalue weighted by Gasteiger charge is 2.58. The van der Waals surface area contributed by atoms with E-state index in [2.05, 4.69) is 40.7 Å². The van der Waals surface area contributed by atoms with E-state index in [1.807, 2.05) is 17.3 Å². The van der Waals surface area contributed by atoms with Crippen molar-refractivity contribution in [1.29, 1.82) is 0 Å². The van der Waals surface area contributed by atoms with Crippen molar-refractivity contribution < 1.29 is 9.59 Å². The lowest BCUT2D eigenvalue weighted by Gasteiger charge is -2.50. The summed E-state index contributed by atoms with van der Waals surface area (Å²) in [5.74, 6) is 1.50. The number of carbonyl (C=O) groups excluding carboxylic acids is 2. The maximum atomic E-state index is 13.1. The van der Waals surface area contributed by atoms with Gasteiger partial charge < -0.3 is 19.7 Å². The van der Waals surface area contributed by atoms with Gasteiger partial charge in [0, 0.05) is 43.4 Å². The Morgan fingerprint density at radius 2 is 2.03 bits per heavy atom. The van der Waals surface area contributed by atoms with Gasteiger partial charge in [-0.3, -0.25) is 9.59 Å². The minimum atomic E-state index is -0.0973. The summed E-state index contributed by atoms with van der Waals surface area (Å²) in [4.78, 5) is 34.9. The Morgan fingerprint density at radius 3 is 2.69 bits per heavy atom. The number of likely N-dealkylation sites (tertiary alicyclic amines) is 2. The van der Waals surface area contributed by atoms with Crippen molar-refractivity contribution in [2.24, 2.45) is 11.3 Å². The molecule has 4 heterocycles. The molecule has 1 spiro atoms. The standard InChI is InChI=1S/C22H33N5O2/c1-4-17-15(6-10-25(17)3)19(28)24-16-12-22(27-11-9-23-18(16)27)13-26(14-22)20(29)21(5-2)7-8-21/h9,11,15-17H,4-8,10,12-14H2,1-3H3,(H,24,28)/t15-,16?,17+/m0/s1. The van der Waals surface area contributed by atoms with Crippen LogP contribution in [0.3, 0.4) is 0 Å². The molecular formula is C22H33N5O2. The number of rotatable bonds is 5. The number of hydrogen-bond donors (Lipinski definition) is 1. The summed E-state index contributed by atoms with van der Waals surface area (Å²) in [5.41, 5.74) is -0.171. The van der Waals surface area contributed by atoms with Crippen LogP contribution >= 0.6 is 0 Å². The maximum Gasteiger partial charge on any atom is 0.228 e. The first-order valence-corrected chi connectivity index (χ1v) is 11.3. The smallest absolute Gasteiger partial charge is 0.228 e. The highest BCUT2D eigenvalue weighted by atomic mass is 16.2. The summed E-state index contributed by atoms with van der Waals surface area (Å²) in [6, 6.07) is 0.268. The number of nitrogens with one attached hydrogen (secondary N) is 1.